The van der Waals surface area contributed by atoms with Gasteiger partial charge in [-0.3, -0.25) is 0 Å². The van der Waals surface area contributed by atoms with Gasteiger partial charge in [0.1, 0.15) is 0 Å². The first-order valence-corrected chi connectivity index (χ1v) is 18.6. The van der Waals surface area contributed by atoms with Crippen LogP contribution in [0.15, 0.2) is 158 Å². The fourth-order valence-electron chi connectivity index (χ4n) is 7.60. The molecule has 11 aromatic rings. The van der Waals surface area contributed by atoms with Crippen LogP contribution in [0.3, 0.4) is 0 Å². The highest BCUT2D eigenvalue weighted by Crippen LogP contribution is 2.52. The van der Waals surface area contributed by atoms with E-state index in [-0.39, 0.29) is 0 Å². The Morgan fingerprint density at radius 3 is 1.49 bits per heavy atom. The van der Waals surface area contributed by atoms with Crippen molar-refractivity contribution in [2.75, 3.05) is 0 Å². The standard InChI is InChI=1S/C45H26N4S2/c1-3-14-27(15-4-1)43-46-44(28-16-5-2-6-17-28)48-45(47-43)29-18-13-19-30(26-29)49-34-23-10-7-20-31(34)37-40(49)38-32-21-8-11-24-35(32)50-42(38)39-33-22-9-12-25-36(33)51-41(37)39/h1-26H. The van der Waals surface area contributed by atoms with E-state index < -0.39 is 0 Å². The zero-order valence-corrected chi connectivity index (χ0v) is 28.7. The number of nitrogens with zero attached hydrogens (tertiary/aromatic N) is 4. The number of fused-ring (bicyclic) bond motifs is 12. The molecule has 0 radical (unpaired) electrons. The first-order valence-electron chi connectivity index (χ1n) is 17.0. The van der Waals surface area contributed by atoms with Gasteiger partial charge >= 0.3 is 0 Å². The van der Waals surface area contributed by atoms with Crippen molar-refractivity contribution in [3.05, 3.63) is 158 Å². The van der Waals surface area contributed by atoms with E-state index in [1.807, 2.05) is 83.3 Å². The lowest BCUT2D eigenvalue weighted by atomic mass is 10.0. The van der Waals surface area contributed by atoms with Gasteiger partial charge in [0.2, 0.25) is 0 Å². The zero-order valence-electron chi connectivity index (χ0n) is 27.1. The van der Waals surface area contributed by atoms with Crippen molar-refractivity contribution in [3.63, 3.8) is 0 Å². The van der Waals surface area contributed by atoms with Gasteiger partial charge in [-0.05, 0) is 30.3 Å². The highest BCUT2D eigenvalue weighted by Gasteiger charge is 2.24. The fourth-order valence-corrected chi connectivity index (χ4v) is 10.2. The van der Waals surface area contributed by atoms with Crippen molar-refractivity contribution in [3.8, 4) is 39.9 Å². The van der Waals surface area contributed by atoms with Crippen LogP contribution in [0.1, 0.15) is 0 Å². The number of thiophene rings is 2. The van der Waals surface area contributed by atoms with Crippen molar-refractivity contribution in [2.45, 2.75) is 0 Å². The molecule has 0 unspecified atom stereocenters. The summed E-state index contributed by atoms with van der Waals surface area (Å²) in [5, 5.41) is 7.85. The molecule has 11 rings (SSSR count). The molecule has 4 aromatic heterocycles. The van der Waals surface area contributed by atoms with E-state index in [1.54, 1.807) is 0 Å². The Hall–Kier alpha value is -6.21. The maximum Gasteiger partial charge on any atom is 0.164 e. The van der Waals surface area contributed by atoms with Crippen molar-refractivity contribution in [1.29, 1.82) is 0 Å². The van der Waals surface area contributed by atoms with Gasteiger partial charge in [-0.25, -0.2) is 15.0 Å². The summed E-state index contributed by atoms with van der Waals surface area (Å²) in [4.78, 5) is 15.1. The quantitative estimate of drug-likeness (QED) is 0.185. The monoisotopic (exact) mass is 686 g/mol. The molecule has 0 N–H and O–H groups in total. The van der Waals surface area contributed by atoms with Crippen LogP contribution in [0.25, 0.3) is 102 Å². The third-order valence-electron chi connectivity index (χ3n) is 9.82. The lowest BCUT2D eigenvalue weighted by Gasteiger charge is -2.12. The lowest BCUT2D eigenvalue weighted by Crippen LogP contribution is -2.01. The van der Waals surface area contributed by atoms with Gasteiger partial charge in [0.25, 0.3) is 0 Å². The topological polar surface area (TPSA) is 43.6 Å². The number of benzene rings is 7. The molecule has 0 saturated carbocycles. The van der Waals surface area contributed by atoms with Gasteiger partial charge in [-0.1, -0.05) is 127 Å². The summed E-state index contributed by atoms with van der Waals surface area (Å²) in [5.74, 6) is 1.95. The molecule has 0 aliphatic carbocycles. The summed E-state index contributed by atoms with van der Waals surface area (Å²) in [6.07, 6.45) is 0. The number of hydrogen-bond donors (Lipinski definition) is 0. The smallest absolute Gasteiger partial charge is 0.164 e. The second kappa shape index (κ2) is 11.2. The number of aromatic nitrogens is 4. The van der Waals surface area contributed by atoms with Gasteiger partial charge < -0.3 is 4.57 Å². The number of para-hydroxylation sites is 1. The van der Waals surface area contributed by atoms with Crippen LogP contribution in [-0.2, 0) is 0 Å². The number of hydrogen-bond acceptors (Lipinski definition) is 5. The van der Waals surface area contributed by atoms with Crippen LogP contribution in [-0.4, -0.2) is 19.5 Å². The van der Waals surface area contributed by atoms with Gasteiger partial charge in [0.15, 0.2) is 17.5 Å². The normalized spacial score (nSPS) is 11.9. The minimum atomic E-state index is 0.642. The molecule has 238 valence electrons. The van der Waals surface area contributed by atoms with E-state index in [2.05, 4.69) is 102 Å². The van der Waals surface area contributed by atoms with Crippen LogP contribution >= 0.6 is 22.7 Å². The van der Waals surface area contributed by atoms with Crippen LogP contribution in [0, 0.1) is 0 Å². The second-order valence-electron chi connectivity index (χ2n) is 12.8. The molecule has 0 spiro atoms. The highest BCUT2D eigenvalue weighted by atomic mass is 32.1. The molecule has 0 amide bonds. The minimum absolute atomic E-state index is 0.642. The zero-order chi connectivity index (χ0) is 33.5. The lowest BCUT2D eigenvalue weighted by molar-refractivity contribution is 1.07. The van der Waals surface area contributed by atoms with E-state index >= 15 is 0 Å². The summed E-state index contributed by atoms with van der Waals surface area (Å²) >= 11 is 3.81. The molecule has 0 fully saturated rings. The van der Waals surface area contributed by atoms with Crippen molar-refractivity contribution >= 4 is 84.8 Å². The Bertz CT molecular complexity index is 3050. The summed E-state index contributed by atoms with van der Waals surface area (Å²) in [5.41, 5.74) is 6.33. The van der Waals surface area contributed by atoms with Crippen LogP contribution in [0.2, 0.25) is 0 Å². The van der Waals surface area contributed by atoms with E-state index in [0.29, 0.717) is 17.5 Å². The molecular weight excluding hydrogens is 661 g/mol. The number of rotatable bonds is 4. The van der Waals surface area contributed by atoms with Crippen molar-refractivity contribution in [1.82, 2.24) is 19.5 Å². The Kier molecular flexibility index (Phi) is 6.26. The summed E-state index contributed by atoms with van der Waals surface area (Å²) < 4.78 is 7.77. The summed E-state index contributed by atoms with van der Waals surface area (Å²) in [6, 6.07) is 55.6. The third-order valence-corrected chi connectivity index (χ3v) is 12.2. The van der Waals surface area contributed by atoms with E-state index in [4.69, 9.17) is 15.0 Å². The van der Waals surface area contributed by atoms with E-state index in [1.165, 1.54) is 62.2 Å². The molecule has 0 atom stereocenters. The molecule has 0 saturated heterocycles. The maximum absolute atomic E-state index is 5.07. The second-order valence-corrected chi connectivity index (χ2v) is 14.9. The van der Waals surface area contributed by atoms with Crippen LogP contribution < -0.4 is 0 Å². The van der Waals surface area contributed by atoms with E-state index in [0.717, 1.165) is 22.4 Å². The molecule has 0 aliphatic rings. The van der Waals surface area contributed by atoms with Gasteiger partial charge in [-0.15, -0.1) is 22.7 Å². The van der Waals surface area contributed by atoms with Crippen LogP contribution in [0.5, 0.6) is 0 Å². The molecule has 0 bridgehead atoms. The SMILES string of the molecule is c1ccc(-c2nc(-c3ccccc3)nc(-c3cccc(-n4c5ccccc5c5c6sc7ccccc7c6c6sc7ccccc7c6c54)c3)n2)cc1. The largest absolute Gasteiger partial charge is 0.308 e. The first-order chi connectivity index (χ1) is 25.3. The van der Waals surface area contributed by atoms with Gasteiger partial charge in [-0.2, -0.15) is 0 Å². The molecule has 4 nitrogen and oxygen atoms in total. The maximum atomic E-state index is 5.07. The summed E-state index contributed by atoms with van der Waals surface area (Å²) in [7, 11) is 0. The molecule has 7 aromatic carbocycles. The Balaban J connectivity index is 1.24. The molecule has 0 aliphatic heterocycles. The average Bonchev–Trinajstić information content (AvgIpc) is 3.88. The van der Waals surface area contributed by atoms with E-state index in [9.17, 15) is 0 Å². The van der Waals surface area contributed by atoms with Crippen molar-refractivity contribution < 1.29 is 0 Å². The highest BCUT2D eigenvalue weighted by molar-refractivity contribution is 7.30. The Morgan fingerprint density at radius 1 is 0.392 bits per heavy atom. The van der Waals surface area contributed by atoms with Crippen LogP contribution in [0.4, 0.5) is 0 Å². The predicted molar refractivity (Wildman–Crippen MR) is 216 cm³/mol. The fraction of sp³-hybridized carbons (Fsp3) is 0. The third kappa shape index (κ3) is 4.34. The molecular formula is C45H26N4S2. The predicted octanol–water partition coefficient (Wildman–Crippen LogP) is 12.7. The Labute approximate surface area is 300 Å². The van der Waals surface area contributed by atoms with Gasteiger partial charge in [0, 0.05) is 73.5 Å². The van der Waals surface area contributed by atoms with Crippen molar-refractivity contribution in [2.24, 2.45) is 0 Å². The van der Waals surface area contributed by atoms with Gasteiger partial charge in [0.05, 0.1) is 11.0 Å². The summed E-state index contributed by atoms with van der Waals surface area (Å²) in [6.45, 7) is 0. The molecule has 6 heteroatoms. The minimum Gasteiger partial charge on any atom is -0.308 e. The molecule has 51 heavy (non-hydrogen) atoms. The average molecular weight is 687 g/mol. The first kappa shape index (κ1) is 28.6. The Morgan fingerprint density at radius 2 is 0.863 bits per heavy atom. The molecule has 4 heterocycles.